The minimum Gasteiger partial charge on any atom is -0.307 e. The number of nitrogens with zero attached hydrogens (tertiary/aromatic N) is 1. The minimum absolute atomic E-state index is 0.0174. The molecule has 0 aromatic heterocycles. The number of alkyl halides is 1. The topological polar surface area (TPSA) is 54.5 Å². The number of aryl methyl sites for hydroxylation is 1. The molecule has 1 aliphatic heterocycles. The average Bonchev–Trinajstić information content (AvgIpc) is 2.72. The van der Waals surface area contributed by atoms with Crippen LogP contribution in [0.3, 0.4) is 0 Å². The molecule has 0 aliphatic carbocycles. The molecule has 1 unspecified atom stereocenters. The summed E-state index contributed by atoms with van der Waals surface area (Å²) in [5.41, 5.74) is 1.79. The molecule has 19 heavy (non-hydrogen) atoms. The third-order valence-electron chi connectivity index (χ3n) is 3.27. The van der Waals surface area contributed by atoms with E-state index in [4.69, 9.17) is 11.6 Å². The van der Waals surface area contributed by atoms with Crippen LogP contribution in [0.25, 0.3) is 0 Å². The van der Waals surface area contributed by atoms with Crippen LogP contribution in [0.2, 0.25) is 0 Å². The van der Waals surface area contributed by atoms with Crippen molar-refractivity contribution in [1.29, 1.82) is 0 Å². The van der Waals surface area contributed by atoms with Crippen LogP contribution in [0.15, 0.2) is 24.3 Å². The molecule has 1 amide bonds. The Morgan fingerprint density at radius 2 is 2.00 bits per heavy atom. The molecule has 0 N–H and O–H groups in total. The van der Waals surface area contributed by atoms with Crippen molar-refractivity contribution in [2.75, 3.05) is 22.3 Å². The summed E-state index contributed by atoms with van der Waals surface area (Å²) in [6.07, 6.45) is 0.471. The summed E-state index contributed by atoms with van der Waals surface area (Å²) in [4.78, 5) is 13.5. The lowest BCUT2D eigenvalue weighted by atomic mass is 10.1. The Labute approximate surface area is 118 Å². The highest BCUT2D eigenvalue weighted by molar-refractivity contribution is 7.91. The van der Waals surface area contributed by atoms with Crippen LogP contribution >= 0.6 is 11.6 Å². The molecule has 0 spiro atoms. The van der Waals surface area contributed by atoms with E-state index in [-0.39, 0.29) is 29.3 Å². The van der Waals surface area contributed by atoms with E-state index in [1.165, 1.54) is 4.90 Å². The summed E-state index contributed by atoms with van der Waals surface area (Å²) in [5.74, 6) is -0.253. The van der Waals surface area contributed by atoms with E-state index in [1.807, 2.05) is 31.2 Å². The van der Waals surface area contributed by atoms with Gasteiger partial charge in [-0.25, -0.2) is 8.42 Å². The zero-order valence-electron chi connectivity index (χ0n) is 10.7. The zero-order valence-corrected chi connectivity index (χ0v) is 12.2. The van der Waals surface area contributed by atoms with E-state index in [2.05, 4.69) is 0 Å². The predicted molar refractivity (Wildman–Crippen MR) is 76.4 cm³/mol. The van der Waals surface area contributed by atoms with Crippen LogP contribution in [-0.2, 0) is 14.6 Å². The van der Waals surface area contributed by atoms with Gasteiger partial charge in [-0.3, -0.25) is 4.79 Å². The largest absolute Gasteiger partial charge is 0.307 e. The fourth-order valence-corrected chi connectivity index (χ4v) is 4.14. The van der Waals surface area contributed by atoms with Crippen molar-refractivity contribution in [3.05, 3.63) is 29.8 Å². The van der Waals surface area contributed by atoms with Gasteiger partial charge in [-0.2, -0.15) is 0 Å². The van der Waals surface area contributed by atoms with Gasteiger partial charge >= 0.3 is 0 Å². The monoisotopic (exact) mass is 301 g/mol. The first-order valence-corrected chi connectivity index (χ1v) is 8.43. The lowest BCUT2D eigenvalue weighted by Crippen LogP contribution is -2.42. The first-order chi connectivity index (χ1) is 8.93. The number of carbonyl (C=O) groups excluding carboxylic acids is 1. The van der Waals surface area contributed by atoms with Gasteiger partial charge in [0.1, 0.15) is 5.88 Å². The van der Waals surface area contributed by atoms with Crippen LogP contribution < -0.4 is 4.90 Å². The standard InChI is InChI=1S/C13H16ClNO3S/c1-10-2-4-11(5-3-10)15(13(16)8-14)12-6-7-19(17,18)9-12/h2-5,12H,6-9H2,1H3. The number of carbonyl (C=O) groups is 1. The first kappa shape index (κ1) is 14.3. The molecule has 0 radical (unpaired) electrons. The fourth-order valence-electron chi connectivity index (χ4n) is 2.31. The molecule has 1 atom stereocenters. The molecule has 104 valence electrons. The summed E-state index contributed by atoms with van der Waals surface area (Å²) in [6.45, 7) is 1.96. The van der Waals surface area contributed by atoms with Gasteiger partial charge in [0.05, 0.1) is 17.5 Å². The summed E-state index contributed by atoms with van der Waals surface area (Å²) in [5, 5.41) is 0. The second kappa shape index (κ2) is 5.51. The fraction of sp³-hybridized carbons (Fsp3) is 0.462. The molecule has 1 aliphatic rings. The van der Waals surface area contributed by atoms with E-state index < -0.39 is 9.84 Å². The highest BCUT2D eigenvalue weighted by Crippen LogP contribution is 2.25. The molecule has 1 saturated heterocycles. The van der Waals surface area contributed by atoms with E-state index in [9.17, 15) is 13.2 Å². The summed E-state index contributed by atoms with van der Waals surface area (Å²) < 4.78 is 23.1. The van der Waals surface area contributed by atoms with Crippen LogP contribution in [-0.4, -0.2) is 37.8 Å². The number of amides is 1. The molecule has 1 aromatic rings. The van der Waals surface area contributed by atoms with Gasteiger partial charge in [0.25, 0.3) is 0 Å². The van der Waals surface area contributed by atoms with E-state index in [0.717, 1.165) is 5.56 Å². The maximum atomic E-state index is 12.0. The number of hydrogen-bond donors (Lipinski definition) is 0. The summed E-state index contributed by atoms with van der Waals surface area (Å²) >= 11 is 5.64. The highest BCUT2D eigenvalue weighted by Gasteiger charge is 2.35. The highest BCUT2D eigenvalue weighted by atomic mass is 35.5. The lowest BCUT2D eigenvalue weighted by Gasteiger charge is -2.27. The Bertz CT molecular complexity index is 568. The van der Waals surface area contributed by atoms with E-state index >= 15 is 0 Å². The van der Waals surface area contributed by atoms with Crippen LogP contribution in [0.4, 0.5) is 5.69 Å². The Balaban J connectivity index is 2.32. The Morgan fingerprint density at radius 1 is 1.37 bits per heavy atom. The Morgan fingerprint density at radius 3 is 2.47 bits per heavy atom. The Kier molecular flexibility index (Phi) is 4.16. The predicted octanol–water partition coefficient (Wildman–Crippen LogP) is 1.75. The molecule has 1 heterocycles. The minimum atomic E-state index is -3.04. The lowest BCUT2D eigenvalue weighted by molar-refractivity contribution is -0.116. The molecule has 4 nitrogen and oxygen atoms in total. The van der Waals surface area contributed by atoms with Crippen molar-refractivity contribution in [3.8, 4) is 0 Å². The quantitative estimate of drug-likeness (QED) is 0.799. The van der Waals surface area contributed by atoms with Gasteiger partial charge in [-0.15, -0.1) is 11.6 Å². The molecule has 1 fully saturated rings. The maximum Gasteiger partial charge on any atom is 0.242 e. The van der Waals surface area contributed by atoms with Crippen LogP contribution in [0.5, 0.6) is 0 Å². The third-order valence-corrected chi connectivity index (χ3v) is 5.25. The first-order valence-electron chi connectivity index (χ1n) is 6.08. The molecular formula is C13H16ClNO3S. The maximum absolute atomic E-state index is 12.0. The van der Waals surface area contributed by atoms with E-state index in [1.54, 1.807) is 0 Å². The van der Waals surface area contributed by atoms with E-state index in [0.29, 0.717) is 12.1 Å². The second-order valence-corrected chi connectivity index (χ2v) is 7.29. The zero-order chi connectivity index (χ0) is 14.0. The van der Waals surface area contributed by atoms with Crippen molar-refractivity contribution in [2.45, 2.75) is 19.4 Å². The van der Waals surface area contributed by atoms with Gasteiger partial charge in [0, 0.05) is 5.69 Å². The van der Waals surface area contributed by atoms with Gasteiger partial charge in [-0.05, 0) is 25.5 Å². The molecule has 0 saturated carbocycles. The number of benzene rings is 1. The van der Waals surface area contributed by atoms with Crippen molar-refractivity contribution >= 4 is 33.0 Å². The number of anilines is 1. The van der Waals surface area contributed by atoms with Crippen LogP contribution in [0.1, 0.15) is 12.0 Å². The molecule has 6 heteroatoms. The van der Waals surface area contributed by atoms with Crippen molar-refractivity contribution in [1.82, 2.24) is 0 Å². The number of rotatable bonds is 3. The summed E-state index contributed by atoms with van der Waals surface area (Å²) in [7, 11) is -3.04. The smallest absolute Gasteiger partial charge is 0.242 e. The second-order valence-electron chi connectivity index (χ2n) is 4.79. The van der Waals surface area contributed by atoms with Crippen LogP contribution in [0, 0.1) is 6.92 Å². The molecule has 0 bridgehead atoms. The molecular weight excluding hydrogens is 286 g/mol. The van der Waals surface area contributed by atoms with Gasteiger partial charge in [-0.1, -0.05) is 17.7 Å². The van der Waals surface area contributed by atoms with Crippen molar-refractivity contribution in [3.63, 3.8) is 0 Å². The Hall–Kier alpha value is -1.07. The number of halogens is 1. The van der Waals surface area contributed by atoms with Gasteiger partial charge in [0.2, 0.25) is 5.91 Å². The number of hydrogen-bond acceptors (Lipinski definition) is 3. The third kappa shape index (κ3) is 3.28. The van der Waals surface area contributed by atoms with Gasteiger partial charge in [0.15, 0.2) is 9.84 Å². The molecule has 1 aromatic carbocycles. The average molecular weight is 302 g/mol. The molecule has 2 rings (SSSR count). The summed E-state index contributed by atoms with van der Waals surface area (Å²) in [6, 6.07) is 7.13. The normalized spacial score (nSPS) is 21.3. The SMILES string of the molecule is Cc1ccc(N(C(=O)CCl)C2CCS(=O)(=O)C2)cc1. The van der Waals surface area contributed by atoms with Crippen molar-refractivity contribution in [2.24, 2.45) is 0 Å². The number of sulfone groups is 1. The van der Waals surface area contributed by atoms with Crippen molar-refractivity contribution < 1.29 is 13.2 Å². The van der Waals surface area contributed by atoms with Gasteiger partial charge < -0.3 is 4.90 Å².